The smallest absolute Gasteiger partial charge is 0.193 e. The summed E-state index contributed by atoms with van der Waals surface area (Å²) in [5.41, 5.74) is 1.52. The van der Waals surface area contributed by atoms with E-state index >= 15 is 0 Å². The molecule has 0 saturated carbocycles. The van der Waals surface area contributed by atoms with E-state index in [0.717, 1.165) is 16.0 Å². The summed E-state index contributed by atoms with van der Waals surface area (Å²) in [6, 6.07) is 15.5. The summed E-state index contributed by atoms with van der Waals surface area (Å²) in [5.74, 6) is 0.0923. The molecule has 2 aromatic heterocycles. The van der Waals surface area contributed by atoms with Gasteiger partial charge in [-0.1, -0.05) is 36.4 Å². The highest BCUT2D eigenvalue weighted by atomic mass is 32.1. The Morgan fingerprint density at radius 1 is 0.833 bits per heavy atom. The molecule has 88 valence electrons. The summed E-state index contributed by atoms with van der Waals surface area (Å²) in [5, 5.41) is 3.98. The van der Waals surface area contributed by atoms with Gasteiger partial charge in [0.15, 0.2) is 5.78 Å². The zero-order valence-corrected chi connectivity index (χ0v) is 11.1. The van der Waals surface area contributed by atoms with E-state index in [2.05, 4.69) is 6.07 Å². The second-order valence-corrected chi connectivity index (χ2v) is 5.73. The van der Waals surface area contributed by atoms with Gasteiger partial charge in [-0.3, -0.25) is 4.79 Å². The van der Waals surface area contributed by atoms with E-state index in [0.29, 0.717) is 0 Å². The maximum absolute atomic E-state index is 12.2. The van der Waals surface area contributed by atoms with E-state index in [-0.39, 0.29) is 5.78 Å². The Kier molecular flexibility index (Phi) is 3.09. The molecule has 1 aromatic carbocycles. The van der Waals surface area contributed by atoms with E-state index in [1.807, 2.05) is 53.2 Å². The summed E-state index contributed by atoms with van der Waals surface area (Å²) in [7, 11) is 0. The van der Waals surface area contributed by atoms with Gasteiger partial charge in [0, 0.05) is 26.3 Å². The molecule has 0 spiro atoms. The first-order chi connectivity index (χ1) is 8.84. The Morgan fingerprint density at radius 2 is 1.67 bits per heavy atom. The van der Waals surface area contributed by atoms with Crippen LogP contribution in [0.4, 0.5) is 0 Å². The number of hydrogen-bond acceptors (Lipinski definition) is 3. The summed E-state index contributed by atoms with van der Waals surface area (Å²) < 4.78 is 0. The molecule has 0 fully saturated rings. The van der Waals surface area contributed by atoms with E-state index in [4.69, 9.17) is 0 Å². The van der Waals surface area contributed by atoms with Crippen molar-refractivity contribution in [3.63, 3.8) is 0 Å². The lowest BCUT2D eigenvalue weighted by Crippen LogP contribution is -1.98. The zero-order valence-electron chi connectivity index (χ0n) is 9.50. The first kappa shape index (κ1) is 11.4. The van der Waals surface area contributed by atoms with E-state index < -0.39 is 0 Å². The van der Waals surface area contributed by atoms with Crippen LogP contribution in [0.25, 0.3) is 9.75 Å². The molecule has 0 radical (unpaired) electrons. The second kappa shape index (κ2) is 4.88. The number of thiophene rings is 2. The number of rotatable bonds is 3. The zero-order chi connectivity index (χ0) is 12.4. The highest BCUT2D eigenvalue weighted by molar-refractivity contribution is 7.20. The molecule has 0 aliphatic rings. The van der Waals surface area contributed by atoms with Crippen molar-refractivity contribution in [2.75, 3.05) is 0 Å². The Hall–Kier alpha value is -1.71. The fraction of sp³-hybridized carbons (Fsp3) is 0. The maximum atomic E-state index is 12.2. The van der Waals surface area contributed by atoms with Crippen molar-refractivity contribution >= 4 is 28.5 Å². The van der Waals surface area contributed by atoms with Crippen LogP contribution in [0.3, 0.4) is 0 Å². The van der Waals surface area contributed by atoms with Crippen LogP contribution in [0.15, 0.2) is 59.3 Å². The van der Waals surface area contributed by atoms with Crippen LogP contribution in [0.1, 0.15) is 15.9 Å². The molecule has 1 nitrogen and oxygen atoms in total. The number of benzene rings is 1. The highest BCUT2D eigenvalue weighted by Crippen LogP contribution is 2.31. The number of carbonyl (C=O) groups excluding carboxylic acids is 1. The van der Waals surface area contributed by atoms with Gasteiger partial charge in [0.25, 0.3) is 0 Å². The molecule has 3 heteroatoms. The van der Waals surface area contributed by atoms with Crippen LogP contribution in [0, 0.1) is 0 Å². The molecule has 0 atom stereocenters. The van der Waals surface area contributed by atoms with Crippen molar-refractivity contribution < 1.29 is 4.79 Å². The fourth-order valence-electron chi connectivity index (χ4n) is 1.76. The van der Waals surface area contributed by atoms with Crippen molar-refractivity contribution in [1.29, 1.82) is 0 Å². The van der Waals surface area contributed by atoms with Gasteiger partial charge in [0.1, 0.15) is 0 Å². The molecule has 3 rings (SSSR count). The summed E-state index contributed by atoms with van der Waals surface area (Å²) >= 11 is 3.32. The monoisotopic (exact) mass is 270 g/mol. The normalized spacial score (nSPS) is 10.4. The number of carbonyl (C=O) groups is 1. The average Bonchev–Trinajstić information content (AvgIpc) is 3.09. The molecular formula is C15H10OS2. The third-order valence-electron chi connectivity index (χ3n) is 2.66. The van der Waals surface area contributed by atoms with E-state index in [1.54, 1.807) is 22.7 Å². The lowest BCUT2D eigenvalue weighted by Gasteiger charge is -1.96. The quantitative estimate of drug-likeness (QED) is 0.630. The van der Waals surface area contributed by atoms with Crippen LogP contribution >= 0.6 is 22.7 Å². The minimum atomic E-state index is 0.0923. The Morgan fingerprint density at radius 3 is 2.39 bits per heavy atom. The minimum Gasteiger partial charge on any atom is -0.289 e. The van der Waals surface area contributed by atoms with Gasteiger partial charge in [-0.2, -0.15) is 0 Å². The van der Waals surface area contributed by atoms with Crippen LogP contribution < -0.4 is 0 Å². The molecule has 0 amide bonds. The van der Waals surface area contributed by atoms with Crippen molar-refractivity contribution in [3.05, 3.63) is 70.4 Å². The van der Waals surface area contributed by atoms with E-state index in [1.165, 1.54) is 4.88 Å². The van der Waals surface area contributed by atoms with Gasteiger partial charge < -0.3 is 0 Å². The third kappa shape index (κ3) is 2.15. The highest BCUT2D eigenvalue weighted by Gasteiger charge is 2.11. The molecule has 0 N–H and O–H groups in total. The maximum Gasteiger partial charge on any atom is 0.193 e. The first-order valence-electron chi connectivity index (χ1n) is 5.57. The van der Waals surface area contributed by atoms with Crippen LogP contribution in [0.2, 0.25) is 0 Å². The first-order valence-corrected chi connectivity index (χ1v) is 7.33. The molecule has 0 saturated heterocycles. The SMILES string of the molecule is O=C(c1ccccc1)c1csc(-c2cccs2)c1. The lowest BCUT2D eigenvalue weighted by atomic mass is 10.1. The molecule has 2 heterocycles. The summed E-state index contributed by atoms with van der Waals surface area (Å²) in [6.45, 7) is 0. The molecule has 18 heavy (non-hydrogen) atoms. The number of hydrogen-bond donors (Lipinski definition) is 0. The summed E-state index contributed by atoms with van der Waals surface area (Å²) in [4.78, 5) is 14.6. The van der Waals surface area contributed by atoms with Crippen LogP contribution in [-0.4, -0.2) is 5.78 Å². The van der Waals surface area contributed by atoms with Gasteiger partial charge in [-0.25, -0.2) is 0 Å². The molecule has 0 aliphatic heterocycles. The second-order valence-electron chi connectivity index (χ2n) is 3.87. The number of ketones is 1. The van der Waals surface area contributed by atoms with Gasteiger partial charge in [-0.05, 0) is 17.5 Å². The third-order valence-corrected chi connectivity index (χ3v) is 4.66. The lowest BCUT2D eigenvalue weighted by molar-refractivity contribution is 0.103. The molecule has 0 unspecified atom stereocenters. The van der Waals surface area contributed by atoms with E-state index in [9.17, 15) is 4.79 Å². The molecular weight excluding hydrogens is 260 g/mol. The predicted molar refractivity (Wildman–Crippen MR) is 77.5 cm³/mol. The van der Waals surface area contributed by atoms with Gasteiger partial charge in [0.05, 0.1) is 0 Å². The van der Waals surface area contributed by atoms with Crippen molar-refractivity contribution in [2.45, 2.75) is 0 Å². The predicted octanol–water partition coefficient (Wildman–Crippen LogP) is 4.71. The topological polar surface area (TPSA) is 17.1 Å². The fourth-order valence-corrected chi connectivity index (χ4v) is 3.49. The van der Waals surface area contributed by atoms with Gasteiger partial charge in [0.2, 0.25) is 0 Å². The minimum absolute atomic E-state index is 0.0923. The van der Waals surface area contributed by atoms with Crippen molar-refractivity contribution in [2.24, 2.45) is 0 Å². The Bertz CT molecular complexity index is 651. The van der Waals surface area contributed by atoms with Crippen LogP contribution in [-0.2, 0) is 0 Å². The summed E-state index contributed by atoms with van der Waals surface area (Å²) in [6.07, 6.45) is 0. The Balaban J connectivity index is 1.93. The van der Waals surface area contributed by atoms with Gasteiger partial charge in [-0.15, -0.1) is 22.7 Å². The Labute approximate surface area is 113 Å². The van der Waals surface area contributed by atoms with Crippen LogP contribution in [0.5, 0.6) is 0 Å². The van der Waals surface area contributed by atoms with Crippen molar-refractivity contribution in [3.8, 4) is 9.75 Å². The largest absolute Gasteiger partial charge is 0.289 e. The van der Waals surface area contributed by atoms with Crippen molar-refractivity contribution in [1.82, 2.24) is 0 Å². The molecule has 0 aliphatic carbocycles. The molecule has 0 bridgehead atoms. The molecule has 3 aromatic rings. The standard InChI is InChI=1S/C15H10OS2/c16-15(11-5-2-1-3-6-11)12-9-14(18-10-12)13-7-4-8-17-13/h1-10H. The van der Waals surface area contributed by atoms with Gasteiger partial charge >= 0.3 is 0 Å². The average molecular weight is 270 g/mol.